The lowest BCUT2D eigenvalue weighted by Crippen LogP contribution is -2.10. The average Bonchev–Trinajstić information content (AvgIpc) is 2.71. The molecule has 0 spiro atoms. The quantitative estimate of drug-likeness (QED) is 0.888. The Morgan fingerprint density at radius 2 is 2.28 bits per heavy atom. The Hall–Kier alpha value is -1.50. The van der Waals surface area contributed by atoms with Crippen LogP contribution in [0.5, 0.6) is 5.88 Å². The highest BCUT2D eigenvalue weighted by Crippen LogP contribution is 2.27. The van der Waals surface area contributed by atoms with Gasteiger partial charge < -0.3 is 10.5 Å². The van der Waals surface area contributed by atoms with Crippen molar-refractivity contribution in [2.45, 2.75) is 19.4 Å². The van der Waals surface area contributed by atoms with E-state index in [0.717, 1.165) is 17.8 Å². The largest absolute Gasteiger partial charge is 0.479 e. The molecule has 0 aliphatic carbocycles. The Balaban J connectivity index is 2.47. The number of nitrogens with two attached hydrogens (primary N) is 1. The summed E-state index contributed by atoms with van der Waals surface area (Å²) in [7, 11) is 1.56. The molecule has 0 aliphatic rings. The molecule has 2 aromatic heterocycles. The molecule has 0 bridgehead atoms. The predicted octanol–water partition coefficient (Wildman–Crippen LogP) is 1.73. The molecule has 6 nitrogen and oxygen atoms in total. The van der Waals surface area contributed by atoms with Gasteiger partial charge in [0.25, 0.3) is 0 Å². The van der Waals surface area contributed by atoms with Gasteiger partial charge in [-0.1, -0.05) is 0 Å². The molecule has 0 fully saturated rings. The van der Waals surface area contributed by atoms with Gasteiger partial charge in [-0.3, -0.25) is 4.57 Å². The minimum absolute atomic E-state index is 0.252. The summed E-state index contributed by atoms with van der Waals surface area (Å²) in [5.41, 5.74) is 7.32. The van der Waals surface area contributed by atoms with E-state index in [1.807, 2.05) is 16.3 Å². The molecule has 0 aromatic carbocycles. The summed E-state index contributed by atoms with van der Waals surface area (Å²) in [4.78, 5) is 12.6. The van der Waals surface area contributed by atoms with Crippen molar-refractivity contribution in [3.63, 3.8) is 0 Å². The van der Waals surface area contributed by atoms with Crippen molar-refractivity contribution in [2.24, 2.45) is 0 Å². The van der Waals surface area contributed by atoms with E-state index < -0.39 is 0 Å². The summed E-state index contributed by atoms with van der Waals surface area (Å²) in [6.45, 7) is 2.11. The molecule has 1 atom stereocenters. The van der Waals surface area contributed by atoms with Crippen LogP contribution in [0, 0.1) is 0 Å². The summed E-state index contributed by atoms with van der Waals surface area (Å²) in [5, 5.41) is 0. The number of hydrogen-bond acceptors (Lipinski definition) is 6. The topological polar surface area (TPSA) is 78.8 Å². The first-order valence-electron chi connectivity index (χ1n) is 5.70. The fourth-order valence-electron chi connectivity index (χ4n) is 1.91. The molecule has 2 aromatic rings. The van der Waals surface area contributed by atoms with E-state index in [2.05, 4.69) is 28.1 Å². The zero-order chi connectivity index (χ0) is 13.1. The number of anilines is 1. The third-order valence-electron chi connectivity index (χ3n) is 2.84. The van der Waals surface area contributed by atoms with Crippen LogP contribution in [0.3, 0.4) is 0 Å². The van der Waals surface area contributed by atoms with E-state index in [-0.39, 0.29) is 6.04 Å². The number of imidazole rings is 1. The summed E-state index contributed by atoms with van der Waals surface area (Å²) in [6, 6.07) is 0.252. The van der Waals surface area contributed by atoms with Crippen molar-refractivity contribution in [1.82, 2.24) is 19.5 Å². The Morgan fingerprint density at radius 1 is 1.50 bits per heavy atom. The number of nitrogen functional groups attached to an aromatic ring is 1. The summed E-state index contributed by atoms with van der Waals surface area (Å²) in [6.07, 6.45) is 4.58. The van der Waals surface area contributed by atoms with Gasteiger partial charge in [-0.05, 0) is 25.4 Å². The molecule has 98 valence electrons. The summed E-state index contributed by atoms with van der Waals surface area (Å²) < 4.78 is 7.11. The normalized spacial score (nSPS) is 12.8. The van der Waals surface area contributed by atoms with Gasteiger partial charge in [-0.15, -0.1) is 0 Å². The van der Waals surface area contributed by atoms with Crippen LogP contribution in [0.15, 0.2) is 6.33 Å². The van der Waals surface area contributed by atoms with E-state index in [1.54, 1.807) is 7.11 Å². The Morgan fingerprint density at radius 3 is 2.94 bits per heavy atom. The predicted molar refractivity (Wildman–Crippen MR) is 74.0 cm³/mol. The lowest BCUT2D eigenvalue weighted by molar-refractivity contribution is 0.401. The highest BCUT2D eigenvalue weighted by Gasteiger charge is 2.18. The lowest BCUT2D eigenvalue weighted by Gasteiger charge is -2.14. The molecule has 1 unspecified atom stereocenters. The SMILES string of the molecule is COc1ncnc2c1nc(N)n2C(C)CCSC. The molecular formula is C11H17N5OS. The van der Waals surface area contributed by atoms with Gasteiger partial charge in [-0.25, -0.2) is 9.97 Å². The van der Waals surface area contributed by atoms with E-state index >= 15 is 0 Å². The number of methoxy groups -OCH3 is 1. The minimum atomic E-state index is 0.252. The minimum Gasteiger partial charge on any atom is -0.479 e. The zero-order valence-corrected chi connectivity index (χ0v) is 11.6. The smallest absolute Gasteiger partial charge is 0.245 e. The van der Waals surface area contributed by atoms with E-state index in [9.17, 15) is 0 Å². The molecule has 18 heavy (non-hydrogen) atoms. The first-order chi connectivity index (χ1) is 8.69. The van der Waals surface area contributed by atoms with Gasteiger partial charge >= 0.3 is 0 Å². The van der Waals surface area contributed by atoms with Gasteiger partial charge in [-0.2, -0.15) is 16.7 Å². The van der Waals surface area contributed by atoms with Crippen LogP contribution in [-0.2, 0) is 0 Å². The maximum atomic E-state index is 5.97. The van der Waals surface area contributed by atoms with Gasteiger partial charge in [0.1, 0.15) is 6.33 Å². The third-order valence-corrected chi connectivity index (χ3v) is 3.49. The monoisotopic (exact) mass is 267 g/mol. The first-order valence-corrected chi connectivity index (χ1v) is 7.09. The van der Waals surface area contributed by atoms with Crippen LogP contribution in [0.25, 0.3) is 11.2 Å². The molecular weight excluding hydrogens is 250 g/mol. The number of nitrogens with zero attached hydrogens (tertiary/aromatic N) is 4. The first kappa shape index (κ1) is 12.9. The Bertz CT molecular complexity index is 541. The number of thioether (sulfide) groups is 1. The van der Waals surface area contributed by atoms with Crippen LogP contribution in [0.4, 0.5) is 5.95 Å². The molecule has 0 saturated carbocycles. The fraction of sp³-hybridized carbons (Fsp3) is 0.545. The van der Waals surface area contributed by atoms with Crippen LogP contribution in [-0.4, -0.2) is 38.6 Å². The van der Waals surface area contributed by atoms with E-state index in [1.165, 1.54) is 6.33 Å². The second-order valence-electron chi connectivity index (χ2n) is 4.03. The van der Waals surface area contributed by atoms with E-state index in [4.69, 9.17) is 10.5 Å². The molecule has 0 aliphatic heterocycles. The third kappa shape index (κ3) is 2.22. The highest BCUT2D eigenvalue weighted by molar-refractivity contribution is 7.98. The van der Waals surface area contributed by atoms with Crippen molar-refractivity contribution in [1.29, 1.82) is 0 Å². The van der Waals surface area contributed by atoms with Gasteiger partial charge in [0, 0.05) is 6.04 Å². The van der Waals surface area contributed by atoms with Crippen LogP contribution < -0.4 is 10.5 Å². The van der Waals surface area contributed by atoms with Gasteiger partial charge in [0.2, 0.25) is 11.8 Å². The second-order valence-corrected chi connectivity index (χ2v) is 5.01. The highest BCUT2D eigenvalue weighted by atomic mass is 32.2. The number of rotatable bonds is 5. The number of aromatic nitrogens is 4. The standard InChI is InChI=1S/C11H17N5OS/c1-7(4-5-18-3)16-9-8(15-11(16)12)10(17-2)14-6-13-9/h6-7H,4-5H2,1-3H3,(H2,12,15). The molecule has 0 amide bonds. The lowest BCUT2D eigenvalue weighted by atomic mass is 10.2. The zero-order valence-electron chi connectivity index (χ0n) is 10.8. The van der Waals surface area contributed by atoms with Crippen LogP contribution >= 0.6 is 11.8 Å². The van der Waals surface area contributed by atoms with Crippen molar-refractivity contribution in [3.8, 4) is 5.88 Å². The summed E-state index contributed by atoms with van der Waals surface area (Å²) >= 11 is 1.81. The van der Waals surface area contributed by atoms with Crippen molar-refractivity contribution in [2.75, 3.05) is 24.9 Å². The Labute approximate surface area is 110 Å². The summed E-state index contributed by atoms with van der Waals surface area (Å²) in [5.74, 6) is 1.99. The van der Waals surface area contributed by atoms with Crippen LogP contribution in [0.2, 0.25) is 0 Å². The molecule has 2 heterocycles. The average molecular weight is 267 g/mol. The number of hydrogen-bond donors (Lipinski definition) is 1. The molecule has 2 rings (SSSR count). The number of fused-ring (bicyclic) bond motifs is 1. The fourth-order valence-corrected chi connectivity index (χ4v) is 2.48. The molecule has 2 N–H and O–H groups in total. The maximum Gasteiger partial charge on any atom is 0.245 e. The maximum absolute atomic E-state index is 5.97. The van der Waals surface area contributed by atoms with Gasteiger partial charge in [0.05, 0.1) is 7.11 Å². The second kappa shape index (κ2) is 5.43. The Kier molecular flexibility index (Phi) is 3.90. The number of ether oxygens (including phenoxy) is 1. The van der Waals surface area contributed by atoms with Crippen LogP contribution in [0.1, 0.15) is 19.4 Å². The molecule has 7 heteroatoms. The van der Waals surface area contributed by atoms with Crippen molar-refractivity contribution < 1.29 is 4.74 Å². The van der Waals surface area contributed by atoms with E-state index in [0.29, 0.717) is 17.3 Å². The van der Waals surface area contributed by atoms with Crippen molar-refractivity contribution >= 4 is 28.9 Å². The molecule has 0 radical (unpaired) electrons. The van der Waals surface area contributed by atoms with Gasteiger partial charge in [0.15, 0.2) is 11.2 Å². The van der Waals surface area contributed by atoms with Crippen molar-refractivity contribution in [3.05, 3.63) is 6.33 Å². The molecule has 0 saturated heterocycles.